The minimum Gasteiger partial charge on any atom is -0.497 e. The Bertz CT molecular complexity index is 1050. The topological polar surface area (TPSA) is 91.7 Å². The smallest absolute Gasteiger partial charge is 0.266 e. The number of hydrogen-bond acceptors (Lipinski definition) is 6. The van der Waals surface area contributed by atoms with Gasteiger partial charge in [-0.15, -0.1) is 0 Å². The molecule has 0 radical (unpaired) electrons. The second-order valence-electron chi connectivity index (χ2n) is 6.55. The molecule has 31 heavy (non-hydrogen) atoms. The third-order valence-corrected chi connectivity index (χ3v) is 4.40. The maximum atomic E-state index is 12.1. The molecule has 3 aromatic rings. The summed E-state index contributed by atoms with van der Waals surface area (Å²) in [5.41, 5.74) is 1.30. The Morgan fingerprint density at radius 2 is 1.58 bits per heavy atom. The van der Waals surface area contributed by atoms with Gasteiger partial charge in [-0.1, -0.05) is 0 Å². The van der Waals surface area contributed by atoms with Gasteiger partial charge in [0.05, 0.1) is 26.0 Å². The van der Waals surface area contributed by atoms with Crippen LogP contribution in [0.3, 0.4) is 0 Å². The highest BCUT2D eigenvalue weighted by molar-refractivity contribution is 5.77. The number of benzene rings is 2. The van der Waals surface area contributed by atoms with Gasteiger partial charge in [0.1, 0.15) is 17.2 Å². The van der Waals surface area contributed by atoms with Gasteiger partial charge in [-0.2, -0.15) is 5.10 Å². The second-order valence-corrected chi connectivity index (χ2v) is 6.55. The second kappa shape index (κ2) is 10.8. The maximum absolute atomic E-state index is 12.1. The van der Waals surface area contributed by atoms with Gasteiger partial charge in [-0.25, -0.2) is 4.68 Å². The SMILES string of the molecule is CCOc1ccc(-c2ccc(=O)n(CCNC(=O)COc3ccc(OC)cc3)n2)cc1. The van der Waals surface area contributed by atoms with E-state index in [2.05, 4.69) is 10.4 Å². The highest BCUT2D eigenvalue weighted by Crippen LogP contribution is 2.20. The molecular formula is C23H25N3O5. The molecule has 8 nitrogen and oxygen atoms in total. The van der Waals surface area contributed by atoms with E-state index in [1.807, 2.05) is 31.2 Å². The number of rotatable bonds is 10. The zero-order valence-electron chi connectivity index (χ0n) is 17.5. The van der Waals surface area contributed by atoms with Crippen LogP contribution in [0.5, 0.6) is 17.2 Å². The lowest BCUT2D eigenvalue weighted by molar-refractivity contribution is -0.123. The number of hydrogen-bond donors (Lipinski definition) is 1. The largest absolute Gasteiger partial charge is 0.497 e. The number of nitrogens with one attached hydrogen (secondary N) is 1. The molecule has 0 unspecified atom stereocenters. The van der Waals surface area contributed by atoms with Gasteiger partial charge in [-0.05, 0) is 61.5 Å². The zero-order valence-corrected chi connectivity index (χ0v) is 17.5. The predicted octanol–water partition coefficient (Wildman–Crippen LogP) is 2.51. The van der Waals surface area contributed by atoms with Gasteiger partial charge in [0.2, 0.25) is 0 Å². The van der Waals surface area contributed by atoms with E-state index >= 15 is 0 Å². The summed E-state index contributed by atoms with van der Waals surface area (Å²) in [4.78, 5) is 24.1. The first kappa shape index (κ1) is 21.9. The Morgan fingerprint density at radius 1 is 0.935 bits per heavy atom. The molecule has 0 fully saturated rings. The number of aromatic nitrogens is 2. The van der Waals surface area contributed by atoms with Crippen LogP contribution in [0.15, 0.2) is 65.5 Å². The van der Waals surface area contributed by atoms with Gasteiger partial charge >= 0.3 is 0 Å². The molecule has 0 saturated heterocycles. The Morgan fingerprint density at radius 3 is 2.26 bits per heavy atom. The standard InChI is InChI=1S/C23H25N3O5/c1-3-30-19-6-4-17(5-7-19)21-12-13-23(28)26(25-21)15-14-24-22(27)16-31-20-10-8-18(29-2)9-11-20/h4-13H,3,14-16H2,1-2H3,(H,24,27). The van der Waals surface area contributed by atoms with E-state index < -0.39 is 0 Å². The van der Waals surface area contributed by atoms with Gasteiger partial charge < -0.3 is 19.5 Å². The third-order valence-electron chi connectivity index (χ3n) is 4.40. The highest BCUT2D eigenvalue weighted by Gasteiger charge is 2.06. The molecular weight excluding hydrogens is 398 g/mol. The fraction of sp³-hybridized carbons (Fsp3) is 0.261. The van der Waals surface area contributed by atoms with Crippen molar-refractivity contribution in [1.82, 2.24) is 15.1 Å². The van der Waals surface area contributed by atoms with E-state index in [9.17, 15) is 9.59 Å². The molecule has 8 heteroatoms. The molecule has 1 heterocycles. The van der Waals surface area contributed by atoms with E-state index in [1.165, 1.54) is 10.7 Å². The van der Waals surface area contributed by atoms with E-state index in [0.717, 1.165) is 11.3 Å². The molecule has 2 aromatic carbocycles. The van der Waals surface area contributed by atoms with Crippen LogP contribution in [0.2, 0.25) is 0 Å². The molecule has 0 aliphatic carbocycles. The van der Waals surface area contributed by atoms with Gasteiger partial charge in [0, 0.05) is 18.2 Å². The quantitative estimate of drug-likeness (QED) is 0.539. The van der Waals surface area contributed by atoms with Crippen LogP contribution in [-0.4, -0.2) is 42.6 Å². The third kappa shape index (κ3) is 6.33. The Hall–Kier alpha value is -3.81. The van der Waals surface area contributed by atoms with Crippen LogP contribution in [-0.2, 0) is 11.3 Å². The van der Waals surface area contributed by atoms with Crippen molar-refractivity contribution in [1.29, 1.82) is 0 Å². The van der Waals surface area contributed by atoms with Crippen LogP contribution in [0.4, 0.5) is 0 Å². The predicted molar refractivity (Wildman–Crippen MR) is 117 cm³/mol. The van der Waals surface area contributed by atoms with Crippen LogP contribution in [0.25, 0.3) is 11.3 Å². The maximum Gasteiger partial charge on any atom is 0.266 e. The minimum atomic E-state index is -0.286. The first-order chi connectivity index (χ1) is 15.1. The van der Waals surface area contributed by atoms with Crippen molar-refractivity contribution < 1.29 is 19.0 Å². The number of amides is 1. The summed E-state index contributed by atoms with van der Waals surface area (Å²) in [6.45, 7) is 2.90. The van der Waals surface area contributed by atoms with Gasteiger partial charge in [0.25, 0.3) is 11.5 Å². The number of methoxy groups -OCH3 is 1. The first-order valence-corrected chi connectivity index (χ1v) is 9.94. The highest BCUT2D eigenvalue weighted by atomic mass is 16.5. The van der Waals surface area contributed by atoms with Gasteiger partial charge in [-0.3, -0.25) is 9.59 Å². The van der Waals surface area contributed by atoms with Crippen LogP contribution >= 0.6 is 0 Å². The summed E-state index contributed by atoms with van der Waals surface area (Å²) in [6, 6.07) is 17.6. The number of nitrogens with zero attached hydrogens (tertiary/aromatic N) is 2. The Kier molecular flexibility index (Phi) is 7.64. The van der Waals surface area contributed by atoms with Crippen LogP contribution in [0, 0.1) is 0 Å². The van der Waals surface area contributed by atoms with E-state index in [0.29, 0.717) is 23.8 Å². The lowest BCUT2D eigenvalue weighted by Gasteiger charge is -2.10. The van der Waals surface area contributed by atoms with Crippen molar-refractivity contribution in [3.63, 3.8) is 0 Å². The average molecular weight is 423 g/mol. The lowest BCUT2D eigenvalue weighted by Crippen LogP contribution is -2.34. The van der Waals surface area contributed by atoms with Crippen molar-refractivity contribution in [2.24, 2.45) is 0 Å². The van der Waals surface area contributed by atoms with Crippen molar-refractivity contribution in [2.75, 3.05) is 26.9 Å². The molecule has 1 N–H and O–H groups in total. The summed E-state index contributed by atoms with van der Waals surface area (Å²) in [7, 11) is 1.58. The number of ether oxygens (including phenoxy) is 3. The molecule has 0 spiro atoms. The average Bonchev–Trinajstić information content (AvgIpc) is 2.80. The fourth-order valence-electron chi connectivity index (χ4n) is 2.82. The number of carbonyl (C=O) groups excluding carboxylic acids is 1. The molecule has 0 aliphatic rings. The summed E-state index contributed by atoms with van der Waals surface area (Å²) >= 11 is 0. The van der Waals surface area contributed by atoms with Crippen LogP contribution in [0.1, 0.15) is 6.92 Å². The summed E-state index contributed by atoms with van der Waals surface area (Å²) in [5, 5.41) is 7.12. The normalized spacial score (nSPS) is 10.4. The molecule has 1 aromatic heterocycles. The Labute approximate surface area is 180 Å². The van der Waals surface area contributed by atoms with Crippen molar-refractivity contribution >= 4 is 5.91 Å². The summed E-state index contributed by atoms with van der Waals surface area (Å²) in [6.07, 6.45) is 0. The molecule has 1 amide bonds. The van der Waals surface area contributed by atoms with Crippen molar-refractivity contribution in [2.45, 2.75) is 13.5 Å². The number of carbonyl (C=O) groups is 1. The molecule has 0 atom stereocenters. The molecule has 3 rings (SSSR count). The van der Waals surface area contributed by atoms with Crippen molar-refractivity contribution in [3.05, 3.63) is 71.0 Å². The monoisotopic (exact) mass is 423 g/mol. The fourth-order valence-corrected chi connectivity index (χ4v) is 2.82. The molecule has 0 saturated carbocycles. The van der Waals surface area contributed by atoms with E-state index in [1.54, 1.807) is 37.4 Å². The zero-order chi connectivity index (χ0) is 22.1. The molecule has 0 aliphatic heterocycles. The molecule has 0 bridgehead atoms. The minimum absolute atomic E-state index is 0.124. The Balaban J connectivity index is 1.52. The van der Waals surface area contributed by atoms with Crippen molar-refractivity contribution in [3.8, 4) is 28.5 Å². The first-order valence-electron chi connectivity index (χ1n) is 9.94. The molecule has 162 valence electrons. The van der Waals surface area contributed by atoms with Crippen LogP contribution < -0.4 is 25.1 Å². The lowest BCUT2D eigenvalue weighted by atomic mass is 10.1. The summed E-state index contributed by atoms with van der Waals surface area (Å²) in [5.74, 6) is 1.77. The summed E-state index contributed by atoms with van der Waals surface area (Å²) < 4.78 is 17.3. The van der Waals surface area contributed by atoms with Gasteiger partial charge in [0.15, 0.2) is 6.61 Å². The van der Waals surface area contributed by atoms with E-state index in [-0.39, 0.29) is 31.2 Å². The van der Waals surface area contributed by atoms with E-state index in [4.69, 9.17) is 14.2 Å².